The molecular weight excluding hydrogens is 394 g/mol. The van der Waals surface area contributed by atoms with Gasteiger partial charge >= 0.3 is 0 Å². The molecule has 0 bridgehead atoms. The lowest BCUT2D eigenvalue weighted by Gasteiger charge is -2.16. The third kappa shape index (κ3) is 5.17. The number of carbonyl (C=O) groups is 1. The number of hydrogen-bond donors (Lipinski definition) is 0. The Morgan fingerprint density at radius 3 is 2.09 bits per heavy atom. The van der Waals surface area contributed by atoms with Gasteiger partial charge in [0.25, 0.3) is 0 Å². The van der Waals surface area contributed by atoms with Crippen LogP contribution in [0.3, 0.4) is 0 Å². The standard InChI is InChI=1S/C29H31NO2/c1-3-32-25-18-16-24(17-19-25)29(31)21-30(2)20-8-13-28-26-11-6-4-9-22(26)14-15-23-10-5-7-12-27(23)28/h4-7,9-13,16-19H,3,8,14-15,20-21H2,1-2H3. The molecule has 1 aliphatic carbocycles. The smallest absolute Gasteiger partial charge is 0.176 e. The van der Waals surface area contributed by atoms with Crippen molar-refractivity contribution in [3.63, 3.8) is 0 Å². The van der Waals surface area contributed by atoms with Gasteiger partial charge in [0.15, 0.2) is 5.78 Å². The number of rotatable bonds is 8. The highest BCUT2D eigenvalue weighted by atomic mass is 16.5. The van der Waals surface area contributed by atoms with Gasteiger partial charge in [-0.1, -0.05) is 54.6 Å². The molecule has 0 aliphatic heterocycles. The Balaban J connectivity index is 1.44. The molecule has 0 saturated heterocycles. The van der Waals surface area contributed by atoms with Gasteiger partial charge in [0.1, 0.15) is 5.75 Å². The molecule has 0 fully saturated rings. The SMILES string of the molecule is CCOc1ccc(C(=O)CN(C)CCC=C2c3ccccc3CCc3ccccc32)cc1. The van der Waals surface area contributed by atoms with Crippen LogP contribution in [0.25, 0.3) is 5.57 Å². The van der Waals surface area contributed by atoms with Gasteiger partial charge in [0.2, 0.25) is 0 Å². The fraction of sp³-hybridized carbons (Fsp3) is 0.276. The molecule has 3 nitrogen and oxygen atoms in total. The van der Waals surface area contributed by atoms with E-state index >= 15 is 0 Å². The minimum absolute atomic E-state index is 0.133. The molecule has 0 spiro atoms. The molecule has 0 N–H and O–H groups in total. The van der Waals surface area contributed by atoms with Crippen LogP contribution in [-0.2, 0) is 12.8 Å². The topological polar surface area (TPSA) is 29.5 Å². The first-order valence-corrected chi connectivity index (χ1v) is 11.5. The van der Waals surface area contributed by atoms with Crippen molar-refractivity contribution < 1.29 is 9.53 Å². The second-order valence-electron chi connectivity index (χ2n) is 8.34. The molecule has 1 aliphatic rings. The Hall–Kier alpha value is -3.17. The normalized spacial score (nSPS) is 12.7. The van der Waals surface area contributed by atoms with Gasteiger partial charge in [-0.2, -0.15) is 0 Å². The number of ketones is 1. The van der Waals surface area contributed by atoms with E-state index in [0.717, 1.165) is 37.1 Å². The van der Waals surface area contributed by atoms with Crippen LogP contribution in [0.15, 0.2) is 78.9 Å². The number of likely N-dealkylation sites (N-methyl/N-ethyl adjacent to an activating group) is 1. The van der Waals surface area contributed by atoms with Gasteiger partial charge in [-0.25, -0.2) is 0 Å². The number of ether oxygens (including phenoxy) is 1. The van der Waals surface area contributed by atoms with Crippen LogP contribution in [0, 0.1) is 0 Å². The van der Waals surface area contributed by atoms with E-state index in [9.17, 15) is 4.79 Å². The third-order valence-corrected chi connectivity index (χ3v) is 6.04. The summed E-state index contributed by atoms with van der Waals surface area (Å²) in [7, 11) is 2.01. The zero-order valence-corrected chi connectivity index (χ0v) is 19.0. The highest BCUT2D eigenvalue weighted by Crippen LogP contribution is 2.33. The first-order valence-electron chi connectivity index (χ1n) is 11.5. The van der Waals surface area contributed by atoms with Crippen LogP contribution >= 0.6 is 0 Å². The lowest BCUT2D eigenvalue weighted by molar-refractivity contribution is 0.0947. The highest BCUT2D eigenvalue weighted by molar-refractivity contribution is 5.97. The Morgan fingerprint density at radius 1 is 0.906 bits per heavy atom. The van der Waals surface area contributed by atoms with E-state index in [0.29, 0.717) is 13.2 Å². The fourth-order valence-corrected chi connectivity index (χ4v) is 4.38. The molecule has 0 atom stereocenters. The van der Waals surface area contributed by atoms with E-state index in [1.807, 2.05) is 38.2 Å². The van der Waals surface area contributed by atoms with Crippen molar-refractivity contribution in [3.05, 3.63) is 107 Å². The van der Waals surface area contributed by atoms with Gasteiger partial charge < -0.3 is 4.74 Å². The predicted octanol–water partition coefficient (Wildman–Crippen LogP) is 5.82. The average Bonchev–Trinajstić information content (AvgIpc) is 2.97. The zero-order chi connectivity index (χ0) is 22.3. The van der Waals surface area contributed by atoms with Gasteiger partial charge in [-0.05, 0) is 85.3 Å². The number of hydrogen-bond acceptors (Lipinski definition) is 3. The van der Waals surface area contributed by atoms with Crippen molar-refractivity contribution in [3.8, 4) is 5.75 Å². The largest absolute Gasteiger partial charge is 0.494 e. The molecule has 0 radical (unpaired) electrons. The first-order chi connectivity index (χ1) is 15.7. The van der Waals surface area contributed by atoms with Crippen molar-refractivity contribution in [1.82, 2.24) is 4.90 Å². The van der Waals surface area contributed by atoms with E-state index in [4.69, 9.17) is 4.74 Å². The summed E-state index contributed by atoms with van der Waals surface area (Å²) in [6.45, 7) is 3.82. The summed E-state index contributed by atoms with van der Waals surface area (Å²) < 4.78 is 5.46. The van der Waals surface area contributed by atoms with Gasteiger partial charge in [0.05, 0.1) is 13.2 Å². The van der Waals surface area contributed by atoms with Crippen LogP contribution in [0.5, 0.6) is 5.75 Å². The quantitative estimate of drug-likeness (QED) is 0.426. The molecule has 0 saturated carbocycles. The molecule has 0 amide bonds. The number of benzene rings is 3. The summed E-state index contributed by atoms with van der Waals surface area (Å²) in [6, 6.07) is 24.9. The molecule has 0 aromatic heterocycles. The second-order valence-corrected chi connectivity index (χ2v) is 8.34. The Morgan fingerprint density at radius 2 is 1.50 bits per heavy atom. The Bertz CT molecular complexity index is 1050. The maximum absolute atomic E-state index is 12.7. The number of fused-ring (bicyclic) bond motifs is 2. The van der Waals surface area contributed by atoms with E-state index in [1.54, 1.807) is 0 Å². The molecule has 164 valence electrons. The summed E-state index contributed by atoms with van der Waals surface area (Å²) in [5.41, 5.74) is 7.55. The number of aryl methyl sites for hydroxylation is 2. The van der Waals surface area contributed by atoms with E-state index in [1.165, 1.54) is 27.8 Å². The van der Waals surface area contributed by atoms with Crippen molar-refractivity contribution >= 4 is 11.4 Å². The Labute approximate surface area is 191 Å². The minimum atomic E-state index is 0.133. The molecule has 3 heteroatoms. The van der Waals surface area contributed by atoms with Crippen molar-refractivity contribution in [2.45, 2.75) is 26.2 Å². The van der Waals surface area contributed by atoms with Crippen LogP contribution in [0.2, 0.25) is 0 Å². The molecule has 4 rings (SSSR count). The summed E-state index contributed by atoms with van der Waals surface area (Å²) in [5.74, 6) is 0.932. The molecule has 3 aromatic rings. The predicted molar refractivity (Wildman–Crippen MR) is 131 cm³/mol. The lowest BCUT2D eigenvalue weighted by atomic mass is 9.93. The maximum atomic E-state index is 12.7. The summed E-state index contributed by atoms with van der Waals surface area (Å²) >= 11 is 0. The Kier molecular flexibility index (Phi) is 7.18. The van der Waals surface area contributed by atoms with E-state index in [2.05, 4.69) is 59.5 Å². The number of Topliss-reactive ketones (excluding diaryl/α,β-unsaturated/α-hetero) is 1. The number of nitrogens with zero attached hydrogens (tertiary/aromatic N) is 1. The molecule has 3 aromatic carbocycles. The van der Waals surface area contributed by atoms with Gasteiger partial charge in [-0.3, -0.25) is 9.69 Å². The van der Waals surface area contributed by atoms with Gasteiger partial charge in [-0.15, -0.1) is 0 Å². The maximum Gasteiger partial charge on any atom is 0.176 e. The average molecular weight is 426 g/mol. The van der Waals surface area contributed by atoms with E-state index < -0.39 is 0 Å². The van der Waals surface area contributed by atoms with Crippen LogP contribution in [0.1, 0.15) is 46.0 Å². The van der Waals surface area contributed by atoms with Crippen molar-refractivity contribution in [2.75, 3.05) is 26.7 Å². The van der Waals surface area contributed by atoms with Crippen molar-refractivity contribution in [2.24, 2.45) is 0 Å². The molecule has 32 heavy (non-hydrogen) atoms. The van der Waals surface area contributed by atoms with Gasteiger partial charge in [0, 0.05) is 12.1 Å². The first kappa shape index (κ1) is 22.0. The summed E-state index contributed by atoms with van der Waals surface area (Å²) in [6.07, 6.45) is 5.38. The van der Waals surface area contributed by atoms with Crippen molar-refractivity contribution in [1.29, 1.82) is 0 Å². The molecule has 0 heterocycles. The summed E-state index contributed by atoms with van der Waals surface area (Å²) in [5, 5.41) is 0. The minimum Gasteiger partial charge on any atom is -0.494 e. The number of carbonyl (C=O) groups excluding carboxylic acids is 1. The monoisotopic (exact) mass is 425 g/mol. The lowest BCUT2D eigenvalue weighted by Crippen LogP contribution is -2.26. The zero-order valence-electron chi connectivity index (χ0n) is 19.0. The van der Waals surface area contributed by atoms with Crippen LogP contribution in [0.4, 0.5) is 0 Å². The van der Waals surface area contributed by atoms with Crippen LogP contribution < -0.4 is 4.74 Å². The second kappa shape index (κ2) is 10.4. The van der Waals surface area contributed by atoms with E-state index in [-0.39, 0.29) is 5.78 Å². The van der Waals surface area contributed by atoms with Crippen LogP contribution in [-0.4, -0.2) is 37.4 Å². The summed E-state index contributed by atoms with van der Waals surface area (Å²) in [4.78, 5) is 14.8. The third-order valence-electron chi connectivity index (χ3n) is 6.04. The highest BCUT2D eigenvalue weighted by Gasteiger charge is 2.17. The fourth-order valence-electron chi connectivity index (χ4n) is 4.38. The molecular formula is C29H31NO2. The molecule has 0 unspecified atom stereocenters.